The van der Waals surface area contributed by atoms with Crippen molar-refractivity contribution in [3.05, 3.63) is 29.8 Å². The number of urea groups is 1. The molecule has 3 amide bonds. The molecule has 1 aromatic rings. The first-order valence-electron chi connectivity index (χ1n) is 6.67. The number of amides is 3. The molecule has 1 fully saturated rings. The molecule has 2 rings (SSSR count). The Hall–Kier alpha value is -2.08. The van der Waals surface area contributed by atoms with E-state index in [1.807, 2.05) is 0 Å². The van der Waals surface area contributed by atoms with E-state index in [0.29, 0.717) is 17.8 Å². The number of nitrogens with one attached hydrogen (secondary N) is 3. The Morgan fingerprint density at radius 1 is 1.40 bits per heavy atom. The molecular weight excluding hydrogens is 258 g/mol. The number of benzene rings is 1. The van der Waals surface area contributed by atoms with Gasteiger partial charge in [-0.2, -0.15) is 0 Å². The molecule has 3 N–H and O–H groups in total. The monoisotopic (exact) mass is 277 g/mol. The molecule has 0 radical (unpaired) electrons. The van der Waals surface area contributed by atoms with Gasteiger partial charge in [0.15, 0.2) is 0 Å². The average Bonchev–Trinajstić information content (AvgIpc) is 2.98. The van der Waals surface area contributed by atoms with Gasteiger partial charge in [-0.25, -0.2) is 4.79 Å². The van der Waals surface area contributed by atoms with E-state index in [4.69, 9.17) is 4.74 Å². The number of rotatable bonds is 4. The summed E-state index contributed by atoms with van der Waals surface area (Å²) in [5.41, 5.74) is 1.08. The number of carbonyl (C=O) groups excluding carboxylic acids is 2. The third-order valence-electron chi connectivity index (χ3n) is 3.12. The van der Waals surface area contributed by atoms with Crippen LogP contribution in [0.3, 0.4) is 0 Å². The second-order valence-corrected chi connectivity index (χ2v) is 4.63. The van der Waals surface area contributed by atoms with Crippen molar-refractivity contribution in [2.45, 2.75) is 18.9 Å². The molecule has 1 aliphatic rings. The number of hydrogen-bond donors (Lipinski definition) is 3. The fourth-order valence-electron chi connectivity index (χ4n) is 2.07. The van der Waals surface area contributed by atoms with Gasteiger partial charge < -0.3 is 20.7 Å². The number of hydrogen-bond acceptors (Lipinski definition) is 3. The third kappa shape index (κ3) is 3.96. The van der Waals surface area contributed by atoms with Crippen LogP contribution in [-0.2, 0) is 4.74 Å². The SMILES string of the molecule is CNC(=O)c1cccc(NC(=O)NCC2CCCO2)c1. The van der Waals surface area contributed by atoms with E-state index >= 15 is 0 Å². The number of carbonyl (C=O) groups is 2. The highest BCUT2D eigenvalue weighted by Gasteiger charge is 2.16. The first kappa shape index (κ1) is 14.3. The van der Waals surface area contributed by atoms with E-state index in [2.05, 4.69) is 16.0 Å². The minimum Gasteiger partial charge on any atom is -0.376 e. The van der Waals surface area contributed by atoms with E-state index < -0.39 is 0 Å². The van der Waals surface area contributed by atoms with Gasteiger partial charge in [-0.15, -0.1) is 0 Å². The summed E-state index contributed by atoms with van der Waals surface area (Å²) in [6.45, 7) is 1.27. The highest BCUT2D eigenvalue weighted by atomic mass is 16.5. The van der Waals surface area contributed by atoms with Gasteiger partial charge in [0.05, 0.1) is 6.10 Å². The molecular formula is C14H19N3O3. The Kier molecular flexibility index (Phi) is 4.95. The summed E-state index contributed by atoms with van der Waals surface area (Å²) in [5, 5.41) is 8.00. The maximum Gasteiger partial charge on any atom is 0.319 e. The van der Waals surface area contributed by atoms with Crippen LogP contribution < -0.4 is 16.0 Å². The fraction of sp³-hybridized carbons (Fsp3) is 0.429. The molecule has 1 unspecified atom stereocenters. The second-order valence-electron chi connectivity index (χ2n) is 4.63. The minimum absolute atomic E-state index is 0.109. The average molecular weight is 277 g/mol. The van der Waals surface area contributed by atoms with Crippen LogP contribution in [0.1, 0.15) is 23.2 Å². The van der Waals surface area contributed by atoms with E-state index in [9.17, 15) is 9.59 Å². The van der Waals surface area contributed by atoms with Crippen LogP contribution in [0.25, 0.3) is 0 Å². The number of anilines is 1. The van der Waals surface area contributed by atoms with Gasteiger partial charge >= 0.3 is 6.03 Å². The Morgan fingerprint density at radius 2 is 2.25 bits per heavy atom. The van der Waals surface area contributed by atoms with Crippen LogP contribution in [0.5, 0.6) is 0 Å². The summed E-state index contributed by atoms with van der Waals surface area (Å²) in [4.78, 5) is 23.2. The highest BCUT2D eigenvalue weighted by Crippen LogP contribution is 2.12. The molecule has 0 saturated carbocycles. The lowest BCUT2D eigenvalue weighted by Crippen LogP contribution is -2.35. The van der Waals surface area contributed by atoms with Crippen LogP contribution in [0.4, 0.5) is 10.5 Å². The maximum atomic E-state index is 11.7. The van der Waals surface area contributed by atoms with Gasteiger partial charge in [-0.1, -0.05) is 6.07 Å². The third-order valence-corrected chi connectivity index (χ3v) is 3.12. The molecule has 1 aromatic carbocycles. The summed E-state index contributed by atoms with van der Waals surface area (Å²) in [6, 6.07) is 6.48. The zero-order valence-corrected chi connectivity index (χ0v) is 11.4. The predicted octanol–water partition coefficient (Wildman–Crippen LogP) is 1.35. The highest BCUT2D eigenvalue weighted by molar-refractivity contribution is 5.96. The lowest BCUT2D eigenvalue weighted by atomic mass is 10.2. The predicted molar refractivity (Wildman–Crippen MR) is 75.8 cm³/mol. The standard InChI is InChI=1S/C14H19N3O3/c1-15-13(18)10-4-2-5-11(8-10)17-14(19)16-9-12-6-3-7-20-12/h2,4-5,8,12H,3,6-7,9H2,1H3,(H,15,18)(H2,16,17,19). The smallest absolute Gasteiger partial charge is 0.319 e. The summed E-state index contributed by atoms with van der Waals surface area (Å²) >= 11 is 0. The molecule has 1 saturated heterocycles. The summed E-state index contributed by atoms with van der Waals surface area (Å²) in [7, 11) is 1.57. The first-order chi connectivity index (χ1) is 9.69. The molecule has 1 aliphatic heterocycles. The molecule has 0 spiro atoms. The van der Waals surface area contributed by atoms with E-state index in [1.165, 1.54) is 0 Å². The van der Waals surface area contributed by atoms with Gasteiger partial charge in [-0.05, 0) is 31.0 Å². The minimum atomic E-state index is -0.297. The Bertz CT molecular complexity index is 484. The molecule has 0 aromatic heterocycles. The van der Waals surface area contributed by atoms with E-state index in [-0.39, 0.29) is 18.0 Å². The molecule has 20 heavy (non-hydrogen) atoms. The maximum absolute atomic E-state index is 11.7. The van der Waals surface area contributed by atoms with Crippen molar-refractivity contribution in [1.29, 1.82) is 0 Å². The first-order valence-corrected chi connectivity index (χ1v) is 6.67. The zero-order valence-electron chi connectivity index (χ0n) is 11.4. The van der Waals surface area contributed by atoms with Crippen molar-refractivity contribution in [1.82, 2.24) is 10.6 Å². The molecule has 0 bridgehead atoms. The molecule has 108 valence electrons. The fourth-order valence-corrected chi connectivity index (χ4v) is 2.07. The summed E-state index contributed by atoms with van der Waals surface area (Å²) < 4.78 is 5.42. The number of ether oxygens (including phenoxy) is 1. The normalized spacial score (nSPS) is 17.6. The van der Waals surface area contributed by atoms with Gasteiger partial charge in [0.2, 0.25) is 0 Å². The van der Waals surface area contributed by atoms with Crippen molar-refractivity contribution in [3.63, 3.8) is 0 Å². The van der Waals surface area contributed by atoms with Gasteiger partial charge in [-0.3, -0.25) is 4.79 Å². The Labute approximate surface area is 117 Å². The molecule has 6 nitrogen and oxygen atoms in total. The second kappa shape index (κ2) is 6.91. The Balaban J connectivity index is 1.85. The summed E-state index contributed by atoms with van der Waals surface area (Å²) in [6.07, 6.45) is 2.13. The van der Waals surface area contributed by atoms with Crippen LogP contribution in [0.2, 0.25) is 0 Å². The van der Waals surface area contributed by atoms with Gasteiger partial charge in [0.25, 0.3) is 5.91 Å². The topological polar surface area (TPSA) is 79.5 Å². The van der Waals surface area contributed by atoms with Crippen LogP contribution in [0.15, 0.2) is 24.3 Å². The largest absolute Gasteiger partial charge is 0.376 e. The van der Waals surface area contributed by atoms with Crippen molar-refractivity contribution in [3.8, 4) is 0 Å². The Morgan fingerprint density at radius 3 is 2.95 bits per heavy atom. The zero-order chi connectivity index (χ0) is 14.4. The van der Waals surface area contributed by atoms with Crippen molar-refractivity contribution >= 4 is 17.6 Å². The van der Waals surface area contributed by atoms with Crippen molar-refractivity contribution in [2.24, 2.45) is 0 Å². The lowest BCUT2D eigenvalue weighted by molar-refractivity contribution is 0.0963. The quantitative estimate of drug-likeness (QED) is 0.777. The molecule has 0 aliphatic carbocycles. The van der Waals surface area contributed by atoms with Crippen molar-refractivity contribution < 1.29 is 14.3 Å². The molecule has 1 atom stereocenters. The molecule has 6 heteroatoms. The van der Waals surface area contributed by atoms with Crippen LogP contribution >= 0.6 is 0 Å². The molecule has 1 heterocycles. The lowest BCUT2D eigenvalue weighted by Gasteiger charge is -2.12. The summed E-state index contributed by atoms with van der Waals surface area (Å²) in [5.74, 6) is -0.187. The van der Waals surface area contributed by atoms with E-state index in [1.54, 1.807) is 31.3 Å². The van der Waals surface area contributed by atoms with E-state index in [0.717, 1.165) is 19.4 Å². The van der Waals surface area contributed by atoms with Crippen LogP contribution in [0, 0.1) is 0 Å². The van der Waals surface area contributed by atoms with Crippen molar-refractivity contribution in [2.75, 3.05) is 25.5 Å². The van der Waals surface area contributed by atoms with Gasteiger partial charge in [0.1, 0.15) is 0 Å². The van der Waals surface area contributed by atoms with Gasteiger partial charge in [0, 0.05) is 31.5 Å². The van der Waals surface area contributed by atoms with Crippen LogP contribution in [-0.4, -0.2) is 38.2 Å².